The lowest BCUT2D eigenvalue weighted by Gasteiger charge is -2.44. The maximum Gasteiger partial charge on any atom is 0.410 e. The number of piperazine rings is 1. The minimum atomic E-state index is -0.517. The zero-order chi connectivity index (χ0) is 19.9. The van der Waals surface area contributed by atoms with Gasteiger partial charge in [-0.05, 0) is 53.1 Å². The summed E-state index contributed by atoms with van der Waals surface area (Å²) in [6.07, 6.45) is 1.46. The molecule has 3 rings (SSSR count). The summed E-state index contributed by atoms with van der Waals surface area (Å²) in [6.45, 7) is 13.6. The van der Waals surface area contributed by atoms with Crippen molar-refractivity contribution in [3.05, 3.63) is 11.6 Å². The molecule has 0 bridgehead atoms. The Morgan fingerprint density at radius 1 is 1.26 bits per heavy atom. The van der Waals surface area contributed by atoms with Gasteiger partial charge in [-0.2, -0.15) is 9.97 Å². The van der Waals surface area contributed by atoms with Gasteiger partial charge in [0.15, 0.2) is 17.0 Å². The van der Waals surface area contributed by atoms with Crippen LogP contribution in [0, 0.1) is 0 Å². The molecule has 2 aromatic rings. The first-order chi connectivity index (χ1) is 12.6. The normalized spacial score (nSPS) is 21.0. The van der Waals surface area contributed by atoms with Crippen LogP contribution in [0.2, 0.25) is 5.28 Å². The first kappa shape index (κ1) is 19.7. The molecule has 0 aromatic carbocycles. The van der Waals surface area contributed by atoms with Crippen molar-refractivity contribution in [2.45, 2.75) is 65.8 Å². The summed E-state index contributed by atoms with van der Waals surface area (Å²) in [6, 6.07) is 0.00256. The predicted octanol–water partition coefficient (Wildman–Crippen LogP) is 3.33. The van der Waals surface area contributed by atoms with Gasteiger partial charge in [0.1, 0.15) is 5.60 Å². The molecule has 1 amide bonds. The van der Waals surface area contributed by atoms with Gasteiger partial charge in [-0.3, -0.25) is 0 Å². The number of halogens is 1. The molecular formula is C18H27ClN6O2. The second kappa shape index (κ2) is 7.14. The van der Waals surface area contributed by atoms with Crippen LogP contribution in [0.3, 0.4) is 0 Å². The SMILES string of the molecule is CCn1cnc2c(N3C[C@@H](C)N(C(=O)OC(C)(C)C)C[C@@H]3C)nc(Cl)nc21. The molecule has 1 aliphatic rings. The van der Waals surface area contributed by atoms with E-state index in [1.54, 1.807) is 11.2 Å². The quantitative estimate of drug-likeness (QED) is 0.727. The fraction of sp³-hybridized carbons (Fsp3) is 0.667. The van der Waals surface area contributed by atoms with E-state index in [1.165, 1.54) is 0 Å². The van der Waals surface area contributed by atoms with Crippen molar-refractivity contribution in [3.63, 3.8) is 0 Å². The van der Waals surface area contributed by atoms with E-state index in [0.29, 0.717) is 18.9 Å². The Hall–Kier alpha value is -2.09. The number of imidazole rings is 1. The number of fused-ring (bicyclic) bond motifs is 1. The Kier molecular flexibility index (Phi) is 5.20. The number of hydrogen-bond donors (Lipinski definition) is 0. The van der Waals surface area contributed by atoms with Crippen molar-refractivity contribution in [3.8, 4) is 0 Å². The fourth-order valence-corrected chi connectivity index (χ4v) is 3.49. The van der Waals surface area contributed by atoms with Crippen LogP contribution in [0.5, 0.6) is 0 Å². The lowest BCUT2D eigenvalue weighted by Crippen LogP contribution is -2.59. The summed E-state index contributed by atoms with van der Waals surface area (Å²) >= 11 is 6.19. The van der Waals surface area contributed by atoms with Gasteiger partial charge in [0.2, 0.25) is 5.28 Å². The molecule has 0 spiro atoms. The highest BCUT2D eigenvalue weighted by Crippen LogP contribution is 2.29. The van der Waals surface area contributed by atoms with Crippen molar-refractivity contribution in [2.24, 2.45) is 0 Å². The highest BCUT2D eigenvalue weighted by atomic mass is 35.5. The maximum absolute atomic E-state index is 12.5. The first-order valence-electron chi connectivity index (χ1n) is 9.25. The highest BCUT2D eigenvalue weighted by Gasteiger charge is 2.36. The van der Waals surface area contributed by atoms with Crippen LogP contribution in [-0.4, -0.2) is 61.3 Å². The molecule has 1 aliphatic heterocycles. The van der Waals surface area contributed by atoms with Gasteiger partial charge in [-0.15, -0.1) is 0 Å². The summed E-state index contributed by atoms with van der Waals surface area (Å²) in [7, 11) is 0. The minimum Gasteiger partial charge on any atom is -0.444 e. The van der Waals surface area contributed by atoms with E-state index in [4.69, 9.17) is 16.3 Å². The molecule has 1 fully saturated rings. The van der Waals surface area contributed by atoms with Gasteiger partial charge in [-0.1, -0.05) is 0 Å². The number of amides is 1. The van der Waals surface area contributed by atoms with Crippen LogP contribution in [0.25, 0.3) is 11.2 Å². The molecular weight excluding hydrogens is 368 g/mol. The second-order valence-corrected chi connectivity index (χ2v) is 8.34. The number of rotatable bonds is 2. The van der Waals surface area contributed by atoms with E-state index in [9.17, 15) is 4.79 Å². The van der Waals surface area contributed by atoms with Gasteiger partial charge in [-0.25, -0.2) is 9.78 Å². The number of carbonyl (C=O) groups is 1. The van der Waals surface area contributed by atoms with Gasteiger partial charge in [0, 0.05) is 31.7 Å². The van der Waals surface area contributed by atoms with Gasteiger partial charge in [0.05, 0.1) is 6.33 Å². The van der Waals surface area contributed by atoms with Crippen molar-refractivity contribution in [2.75, 3.05) is 18.0 Å². The van der Waals surface area contributed by atoms with Crippen LogP contribution in [-0.2, 0) is 11.3 Å². The maximum atomic E-state index is 12.5. The van der Waals surface area contributed by atoms with Gasteiger partial charge >= 0.3 is 6.09 Å². The van der Waals surface area contributed by atoms with Gasteiger partial charge < -0.3 is 19.1 Å². The van der Waals surface area contributed by atoms with E-state index in [0.717, 1.165) is 17.7 Å². The largest absolute Gasteiger partial charge is 0.444 e. The highest BCUT2D eigenvalue weighted by molar-refractivity contribution is 6.28. The molecule has 9 heteroatoms. The lowest BCUT2D eigenvalue weighted by molar-refractivity contribution is 0.0130. The topological polar surface area (TPSA) is 76.4 Å². The smallest absolute Gasteiger partial charge is 0.410 e. The molecule has 148 valence electrons. The Balaban J connectivity index is 1.89. The standard InChI is InChI=1S/C18H27ClN6O2/c1-7-23-10-20-13-14(23)21-16(19)22-15(13)24-8-12(3)25(9-11(24)2)17(26)27-18(4,5)6/h10-12H,7-9H2,1-6H3/t11-,12+/m0/s1. The number of anilines is 1. The second-order valence-electron chi connectivity index (χ2n) is 8.00. The molecule has 0 saturated carbocycles. The molecule has 0 N–H and O–H groups in total. The summed E-state index contributed by atoms with van der Waals surface area (Å²) in [5.41, 5.74) is 0.934. The summed E-state index contributed by atoms with van der Waals surface area (Å²) < 4.78 is 7.49. The van der Waals surface area contributed by atoms with E-state index < -0.39 is 5.60 Å². The molecule has 0 unspecified atom stereocenters. The molecule has 3 heterocycles. The van der Waals surface area contributed by atoms with Crippen molar-refractivity contribution < 1.29 is 9.53 Å². The molecule has 0 aliphatic carbocycles. The Morgan fingerprint density at radius 3 is 2.59 bits per heavy atom. The lowest BCUT2D eigenvalue weighted by atomic mass is 10.1. The fourth-order valence-electron chi connectivity index (χ4n) is 3.33. The van der Waals surface area contributed by atoms with E-state index in [2.05, 4.69) is 26.8 Å². The molecule has 0 radical (unpaired) electrons. The summed E-state index contributed by atoms with van der Waals surface area (Å²) in [4.78, 5) is 29.8. The molecule has 27 heavy (non-hydrogen) atoms. The van der Waals surface area contributed by atoms with Crippen LogP contribution in [0.1, 0.15) is 41.5 Å². The Bertz CT molecular complexity index is 846. The number of ether oxygens (including phenoxy) is 1. The zero-order valence-corrected chi connectivity index (χ0v) is 17.5. The monoisotopic (exact) mass is 394 g/mol. The molecule has 1 saturated heterocycles. The third-order valence-corrected chi connectivity index (χ3v) is 4.81. The summed E-state index contributed by atoms with van der Waals surface area (Å²) in [5.74, 6) is 0.709. The van der Waals surface area contributed by atoms with Gasteiger partial charge in [0.25, 0.3) is 0 Å². The van der Waals surface area contributed by atoms with E-state index in [-0.39, 0.29) is 23.5 Å². The summed E-state index contributed by atoms with van der Waals surface area (Å²) in [5, 5.41) is 0.196. The third-order valence-electron chi connectivity index (χ3n) is 4.64. The third kappa shape index (κ3) is 3.95. The van der Waals surface area contributed by atoms with E-state index in [1.807, 2.05) is 39.2 Å². The Morgan fingerprint density at radius 2 is 1.96 bits per heavy atom. The van der Waals surface area contributed by atoms with Crippen LogP contribution < -0.4 is 4.90 Å². The number of nitrogens with zero attached hydrogens (tertiary/aromatic N) is 6. The van der Waals surface area contributed by atoms with Crippen molar-refractivity contribution in [1.29, 1.82) is 0 Å². The predicted molar refractivity (Wildman–Crippen MR) is 105 cm³/mol. The Labute approximate surface area is 164 Å². The molecule has 8 nitrogen and oxygen atoms in total. The number of hydrogen-bond acceptors (Lipinski definition) is 6. The molecule has 2 aromatic heterocycles. The average Bonchev–Trinajstić information content (AvgIpc) is 2.97. The first-order valence-corrected chi connectivity index (χ1v) is 9.63. The van der Waals surface area contributed by atoms with Crippen LogP contribution in [0.15, 0.2) is 6.33 Å². The van der Waals surface area contributed by atoms with Crippen molar-refractivity contribution in [1.82, 2.24) is 24.4 Å². The molecule has 2 atom stereocenters. The minimum absolute atomic E-state index is 0.0342. The van der Waals surface area contributed by atoms with E-state index >= 15 is 0 Å². The van der Waals surface area contributed by atoms with Crippen LogP contribution >= 0.6 is 11.6 Å². The number of carbonyl (C=O) groups excluding carboxylic acids is 1. The number of aryl methyl sites for hydroxylation is 1. The van der Waals surface area contributed by atoms with Crippen molar-refractivity contribution >= 4 is 34.7 Å². The average molecular weight is 395 g/mol. The number of aromatic nitrogens is 4. The zero-order valence-electron chi connectivity index (χ0n) is 16.7. The van der Waals surface area contributed by atoms with Crippen LogP contribution in [0.4, 0.5) is 10.6 Å².